The van der Waals surface area contributed by atoms with Crippen molar-refractivity contribution in [2.75, 3.05) is 28.4 Å². The summed E-state index contributed by atoms with van der Waals surface area (Å²) in [4.78, 5) is 0. The fraction of sp³-hybridized carbons (Fsp3) is 0.351. The molecule has 0 spiro atoms. The van der Waals surface area contributed by atoms with Crippen molar-refractivity contribution in [3.63, 3.8) is 0 Å². The summed E-state index contributed by atoms with van der Waals surface area (Å²) in [5, 5.41) is 5.04. The van der Waals surface area contributed by atoms with E-state index in [0.717, 1.165) is 23.0 Å². The summed E-state index contributed by atoms with van der Waals surface area (Å²) in [6.07, 6.45) is -0.293. The van der Waals surface area contributed by atoms with Gasteiger partial charge in [-0.3, -0.25) is 0 Å². The van der Waals surface area contributed by atoms with E-state index in [-0.39, 0.29) is 23.5 Å². The Balaban J connectivity index is 1.56. The largest absolute Gasteiger partial charge is 0.497 e. The first-order valence-electron chi connectivity index (χ1n) is 15.2. The van der Waals surface area contributed by atoms with Crippen molar-refractivity contribution < 1.29 is 28.4 Å². The van der Waals surface area contributed by atoms with E-state index >= 15 is 0 Å². The summed E-state index contributed by atoms with van der Waals surface area (Å²) in [5.41, 5.74) is 0.277. The SMILES string of the molecule is COc1ccc(P(c2ccc(OC)cc2)[C@H](C)[C@H]2OC(C)(C)O[C@@H]2[C@@H](C)P(c2ccc(OC)cc2)c2ccc(OC)cc2)cc1. The molecule has 0 aliphatic carbocycles. The Labute approximate surface area is 270 Å². The van der Waals surface area contributed by atoms with Crippen molar-refractivity contribution in [3.05, 3.63) is 97.1 Å². The van der Waals surface area contributed by atoms with Gasteiger partial charge in [-0.25, -0.2) is 0 Å². The first kappa shape index (κ1) is 33.2. The van der Waals surface area contributed by atoms with Gasteiger partial charge in [-0.1, -0.05) is 62.4 Å². The molecule has 0 amide bonds. The summed E-state index contributed by atoms with van der Waals surface area (Å²) in [6, 6.07) is 33.9. The summed E-state index contributed by atoms with van der Waals surface area (Å²) >= 11 is 0. The first-order valence-corrected chi connectivity index (χ1v) is 18.0. The highest BCUT2D eigenvalue weighted by atomic mass is 31.1. The van der Waals surface area contributed by atoms with E-state index in [9.17, 15) is 0 Å². The Morgan fingerprint density at radius 1 is 0.467 bits per heavy atom. The van der Waals surface area contributed by atoms with E-state index in [0.29, 0.717) is 0 Å². The quantitative estimate of drug-likeness (QED) is 0.162. The smallest absolute Gasteiger partial charge is 0.163 e. The fourth-order valence-electron chi connectivity index (χ4n) is 6.07. The molecule has 4 aromatic rings. The zero-order valence-electron chi connectivity index (χ0n) is 27.4. The van der Waals surface area contributed by atoms with Gasteiger partial charge < -0.3 is 28.4 Å². The number of hydrogen-bond acceptors (Lipinski definition) is 6. The van der Waals surface area contributed by atoms with E-state index in [1.54, 1.807) is 28.4 Å². The molecule has 0 bridgehead atoms. The Morgan fingerprint density at radius 3 is 0.889 bits per heavy atom. The van der Waals surface area contributed by atoms with Crippen LogP contribution in [0.25, 0.3) is 0 Å². The van der Waals surface area contributed by atoms with Crippen molar-refractivity contribution in [2.45, 2.75) is 57.0 Å². The molecule has 1 aliphatic rings. The van der Waals surface area contributed by atoms with Gasteiger partial charge in [0, 0.05) is 11.3 Å². The van der Waals surface area contributed by atoms with Gasteiger partial charge in [0.25, 0.3) is 0 Å². The number of rotatable bonds is 12. The van der Waals surface area contributed by atoms with Crippen molar-refractivity contribution in [1.29, 1.82) is 0 Å². The lowest BCUT2D eigenvalue weighted by Gasteiger charge is -2.36. The lowest BCUT2D eigenvalue weighted by Crippen LogP contribution is -2.42. The lowest BCUT2D eigenvalue weighted by molar-refractivity contribution is -0.145. The first-order chi connectivity index (χ1) is 21.7. The molecule has 1 aliphatic heterocycles. The molecule has 1 fully saturated rings. The second-order valence-corrected chi connectivity index (χ2v) is 16.8. The third-order valence-corrected chi connectivity index (χ3v) is 14.0. The molecule has 238 valence electrons. The van der Waals surface area contributed by atoms with Crippen LogP contribution in [-0.4, -0.2) is 57.8 Å². The molecular weight excluding hydrogens is 602 g/mol. The molecule has 8 heteroatoms. The summed E-state index contributed by atoms with van der Waals surface area (Å²) in [5.74, 6) is 2.64. The van der Waals surface area contributed by atoms with E-state index in [1.165, 1.54) is 21.2 Å². The average Bonchev–Trinajstić information content (AvgIpc) is 3.41. The second-order valence-electron chi connectivity index (χ2n) is 11.6. The number of ether oxygens (including phenoxy) is 6. The van der Waals surface area contributed by atoms with Crippen LogP contribution in [0, 0.1) is 0 Å². The molecular formula is C37H44O6P2. The minimum absolute atomic E-state index is 0.139. The van der Waals surface area contributed by atoms with Gasteiger partial charge in [-0.05, 0) is 99.4 Å². The van der Waals surface area contributed by atoms with Gasteiger partial charge in [0.2, 0.25) is 0 Å². The zero-order chi connectivity index (χ0) is 32.1. The minimum Gasteiger partial charge on any atom is -0.497 e. The predicted octanol–water partition coefficient (Wildman–Crippen LogP) is 6.58. The fourth-order valence-corrected chi connectivity index (χ4v) is 11.5. The van der Waals surface area contributed by atoms with Crippen LogP contribution in [0.3, 0.4) is 0 Å². The van der Waals surface area contributed by atoms with Crippen molar-refractivity contribution in [2.24, 2.45) is 0 Å². The molecule has 0 saturated carbocycles. The van der Waals surface area contributed by atoms with Gasteiger partial charge in [-0.2, -0.15) is 0 Å². The Bertz CT molecular complexity index is 1300. The minimum atomic E-state index is -0.834. The molecule has 1 saturated heterocycles. The molecule has 0 N–H and O–H groups in total. The maximum atomic E-state index is 6.87. The molecule has 5 rings (SSSR count). The van der Waals surface area contributed by atoms with Gasteiger partial charge in [0.05, 0.1) is 40.6 Å². The predicted molar refractivity (Wildman–Crippen MR) is 187 cm³/mol. The highest BCUT2D eigenvalue weighted by molar-refractivity contribution is 7.74. The number of methoxy groups -OCH3 is 4. The van der Waals surface area contributed by atoms with Crippen LogP contribution in [0.1, 0.15) is 27.7 Å². The van der Waals surface area contributed by atoms with E-state index in [2.05, 4.69) is 62.4 Å². The highest BCUT2D eigenvalue weighted by Gasteiger charge is 2.50. The summed E-state index contributed by atoms with van der Waals surface area (Å²) in [7, 11) is 5.13. The highest BCUT2D eigenvalue weighted by Crippen LogP contribution is 2.51. The summed E-state index contributed by atoms with van der Waals surface area (Å²) in [6.45, 7) is 8.70. The van der Waals surface area contributed by atoms with Crippen molar-refractivity contribution in [1.82, 2.24) is 0 Å². The van der Waals surface area contributed by atoms with Crippen LogP contribution < -0.4 is 40.2 Å². The van der Waals surface area contributed by atoms with Crippen LogP contribution in [0.4, 0.5) is 0 Å². The average molecular weight is 647 g/mol. The summed E-state index contributed by atoms with van der Waals surface area (Å²) < 4.78 is 35.7. The van der Waals surface area contributed by atoms with Gasteiger partial charge in [0.1, 0.15) is 23.0 Å². The van der Waals surface area contributed by atoms with Gasteiger partial charge in [-0.15, -0.1) is 0 Å². The lowest BCUT2D eigenvalue weighted by atomic mass is 10.1. The normalized spacial score (nSPS) is 18.9. The van der Waals surface area contributed by atoms with Crippen LogP contribution in [0.15, 0.2) is 97.1 Å². The van der Waals surface area contributed by atoms with E-state index in [1.807, 2.05) is 62.4 Å². The van der Waals surface area contributed by atoms with Crippen molar-refractivity contribution >= 4 is 37.1 Å². The van der Waals surface area contributed by atoms with Crippen LogP contribution >= 0.6 is 15.8 Å². The van der Waals surface area contributed by atoms with Crippen LogP contribution in [0.2, 0.25) is 0 Å². The van der Waals surface area contributed by atoms with Crippen molar-refractivity contribution in [3.8, 4) is 23.0 Å². The molecule has 0 radical (unpaired) electrons. The molecule has 0 aromatic heterocycles. The molecule has 45 heavy (non-hydrogen) atoms. The molecule has 1 heterocycles. The maximum Gasteiger partial charge on any atom is 0.163 e. The molecule has 4 atom stereocenters. The van der Waals surface area contributed by atoms with Crippen LogP contribution in [-0.2, 0) is 9.47 Å². The second kappa shape index (κ2) is 14.5. The number of hydrogen-bond donors (Lipinski definition) is 0. The monoisotopic (exact) mass is 646 g/mol. The molecule has 4 aromatic carbocycles. The molecule has 6 nitrogen and oxygen atoms in total. The zero-order valence-corrected chi connectivity index (χ0v) is 29.2. The van der Waals surface area contributed by atoms with E-state index < -0.39 is 21.6 Å². The Morgan fingerprint density at radius 2 is 0.689 bits per heavy atom. The topological polar surface area (TPSA) is 55.4 Å². The van der Waals surface area contributed by atoms with Gasteiger partial charge >= 0.3 is 0 Å². The third-order valence-electron chi connectivity index (χ3n) is 8.33. The van der Waals surface area contributed by atoms with Crippen LogP contribution in [0.5, 0.6) is 23.0 Å². The standard InChI is InChI=1S/C37H44O6P2/c1-25(44(31-17-9-27(38-5)10-18-31)32-19-11-28(39-6)12-20-32)35-36(43-37(3,4)42-35)26(2)45(33-21-13-29(40-7)14-22-33)34-23-15-30(41-8)16-24-34/h9-26,35-36H,1-8H3/t25-,26-,35-,36-/m1/s1. The Hall–Kier alpha value is -3.14. The molecule has 0 unspecified atom stereocenters. The van der Waals surface area contributed by atoms with Gasteiger partial charge in [0.15, 0.2) is 5.79 Å². The number of benzene rings is 4. The maximum absolute atomic E-state index is 6.87. The Kier molecular flexibility index (Phi) is 10.7. The third kappa shape index (κ3) is 7.47. The van der Waals surface area contributed by atoms with E-state index in [4.69, 9.17) is 28.4 Å².